The summed E-state index contributed by atoms with van der Waals surface area (Å²) in [6.07, 6.45) is 0. The van der Waals surface area contributed by atoms with Gasteiger partial charge in [-0.15, -0.1) is 0 Å². The van der Waals surface area contributed by atoms with Crippen molar-refractivity contribution in [2.45, 2.75) is 6.54 Å². The third-order valence-electron chi connectivity index (χ3n) is 4.21. The Morgan fingerprint density at radius 2 is 1.71 bits per heavy atom. The fourth-order valence-corrected chi connectivity index (χ4v) is 3.53. The molecule has 1 aromatic heterocycles. The molecule has 2 N–H and O–H groups in total. The van der Waals surface area contributed by atoms with Crippen molar-refractivity contribution in [2.75, 3.05) is 26.6 Å². The lowest BCUT2D eigenvalue weighted by atomic mass is 10.0. The first kappa shape index (κ1) is 19.6. The van der Waals surface area contributed by atoms with Gasteiger partial charge in [0.25, 0.3) is 0 Å². The van der Waals surface area contributed by atoms with E-state index in [1.807, 2.05) is 23.6 Å². The molecule has 1 heterocycles. The summed E-state index contributed by atoms with van der Waals surface area (Å²) in [5.74, 6) is 1.42. The first-order valence-electron chi connectivity index (χ1n) is 8.61. The Labute approximate surface area is 168 Å². The van der Waals surface area contributed by atoms with E-state index in [4.69, 9.17) is 14.2 Å². The number of nitrogens with one attached hydrogen (secondary N) is 2. The van der Waals surface area contributed by atoms with Crippen LogP contribution in [0.4, 0.5) is 10.5 Å². The van der Waals surface area contributed by atoms with E-state index in [1.54, 1.807) is 23.5 Å². The van der Waals surface area contributed by atoms with Crippen LogP contribution in [0.5, 0.6) is 17.2 Å². The average molecular weight is 398 g/mol. The van der Waals surface area contributed by atoms with Gasteiger partial charge in [-0.25, -0.2) is 4.79 Å². The molecule has 0 atom stereocenters. The number of hydrogen-bond donors (Lipinski definition) is 2. The molecule has 0 radical (unpaired) electrons. The maximum absolute atomic E-state index is 12.4. The van der Waals surface area contributed by atoms with Gasteiger partial charge in [-0.2, -0.15) is 11.3 Å². The van der Waals surface area contributed by atoms with Crippen molar-refractivity contribution < 1.29 is 19.0 Å². The molecule has 0 unspecified atom stereocenters. The van der Waals surface area contributed by atoms with Crippen LogP contribution in [-0.4, -0.2) is 27.4 Å². The highest BCUT2D eigenvalue weighted by molar-refractivity contribution is 7.08. The van der Waals surface area contributed by atoms with Crippen LogP contribution in [0.1, 0.15) is 5.56 Å². The number of urea groups is 1. The normalized spacial score (nSPS) is 10.2. The number of rotatable bonds is 7. The number of benzene rings is 2. The Morgan fingerprint density at radius 1 is 1.00 bits per heavy atom. The second-order valence-corrected chi connectivity index (χ2v) is 6.67. The predicted molar refractivity (Wildman–Crippen MR) is 112 cm³/mol. The van der Waals surface area contributed by atoms with Crippen molar-refractivity contribution in [1.82, 2.24) is 5.32 Å². The Bertz CT molecular complexity index is 916. The zero-order valence-corrected chi connectivity index (χ0v) is 16.8. The van der Waals surface area contributed by atoms with Crippen LogP contribution in [0.2, 0.25) is 0 Å². The van der Waals surface area contributed by atoms with Crippen molar-refractivity contribution in [2.24, 2.45) is 0 Å². The van der Waals surface area contributed by atoms with Gasteiger partial charge in [0, 0.05) is 18.7 Å². The molecule has 146 valence electrons. The van der Waals surface area contributed by atoms with Crippen LogP contribution in [0.3, 0.4) is 0 Å². The smallest absolute Gasteiger partial charge is 0.319 e. The molecule has 2 amide bonds. The number of carbonyl (C=O) groups excluding carboxylic acids is 1. The Kier molecular flexibility index (Phi) is 6.39. The Balaban J connectivity index is 1.71. The Hall–Kier alpha value is -3.19. The second-order valence-electron chi connectivity index (χ2n) is 5.89. The maximum atomic E-state index is 12.4. The predicted octanol–water partition coefficient (Wildman–Crippen LogP) is 4.76. The zero-order valence-electron chi connectivity index (χ0n) is 15.9. The molecular formula is C21H22N2O4S. The van der Waals surface area contributed by atoms with E-state index < -0.39 is 0 Å². The molecule has 0 aliphatic heterocycles. The Morgan fingerprint density at radius 3 is 2.32 bits per heavy atom. The van der Waals surface area contributed by atoms with Gasteiger partial charge in [-0.1, -0.05) is 24.3 Å². The van der Waals surface area contributed by atoms with Gasteiger partial charge in [0.2, 0.25) is 5.75 Å². The molecular weight excluding hydrogens is 376 g/mol. The third kappa shape index (κ3) is 4.37. The molecule has 0 bridgehead atoms. The van der Waals surface area contributed by atoms with Crippen LogP contribution < -0.4 is 24.8 Å². The number of hydrogen-bond acceptors (Lipinski definition) is 5. The number of amides is 2. The van der Waals surface area contributed by atoms with Gasteiger partial charge >= 0.3 is 6.03 Å². The fraction of sp³-hybridized carbons (Fsp3) is 0.190. The highest BCUT2D eigenvalue weighted by atomic mass is 32.1. The molecule has 0 aliphatic rings. The van der Waals surface area contributed by atoms with E-state index in [-0.39, 0.29) is 6.03 Å². The largest absolute Gasteiger partial charge is 0.493 e. The molecule has 7 heteroatoms. The SMILES string of the molecule is COc1cc(NC(=O)NCc2ccccc2-c2ccsc2)cc(OC)c1OC. The van der Waals surface area contributed by atoms with Crippen LogP contribution in [0.25, 0.3) is 11.1 Å². The minimum absolute atomic E-state index is 0.325. The van der Waals surface area contributed by atoms with Crippen molar-refractivity contribution >= 4 is 23.1 Å². The number of carbonyl (C=O) groups is 1. The first-order chi connectivity index (χ1) is 13.7. The van der Waals surface area contributed by atoms with E-state index >= 15 is 0 Å². The van der Waals surface area contributed by atoms with E-state index in [1.165, 1.54) is 21.3 Å². The van der Waals surface area contributed by atoms with Gasteiger partial charge in [0.1, 0.15) is 0 Å². The molecule has 2 aromatic carbocycles. The topological polar surface area (TPSA) is 68.8 Å². The van der Waals surface area contributed by atoms with E-state index in [0.717, 1.165) is 16.7 Å². The summed E-state index contributed by atoms with van der Waals surface area (Å²) < 4.78 is 15.9. The number of ether oxygens (including phenoxy) is 3. The molecule has 28 heavy (non-hydrogen) atoms. The quantitative estimate of drug-likeness (QED) is 0.602. The van der Waals surface area contributed by atoms with Crippen molar-refractivity contribution in [3.63, 3.8) is 0 Å². The second kappa shape index (κ2) is 9.14. The van der Waals surface area contributed by atoms with Gasteiger partial charge in [-0.05, 0) is 33.5 Å². The van der Waals surface area contributed by atoms with Crippen LogP contribution in [0, 0.1) is 0 Å². The summed E-state index contributed by atoms with van der Waals surface area (Å²) in [5, 5.41) is 9.83. The number of thiophene rings is 1. The molecule has 0 aliphatic carbocycles. The monoisotopic (exact) mass is 398 g/mol. The molecule has 0 saturated carbocycles. The highest BCUT2D eigenvalue weighted by Gasteiger charge is 2.14. The number of anilines is 1. The lowest BCUT2D eigenvalue weighted by Crippen LogP contribution is -2.28. The highest BCUT2D eigenvalue weighted by Crippen LogP contribution is 2.39. The minimum Gasteiger partial charge on any atom is -0.493 e. The standard InChI is InChI=1S/C21H22N2O4S/c1-25-18-10-16(11-19(26-2)20(18)27-3)23-21(24)22-12-14-6-4-5-7-17(14)15-8-9-28-13-15/h4-11,13H,12H2,1-3H3,(H2,22,23,24). The van der Waals surface area contributed by atoms with Crippen molar-refractivity contribution in [1.29, 1.82) is 0 Å². The third-order valence-corrected chi connectivity index (χ3v) is 4.89. The molecule has 3 aromatic rings. The molecule has 6 nitrogen and oxygen atoms in total. The number of methoxy groups -OCH3 is 3. The lowest BCUT2D eigenvalue weighted by Gasteiger charge is -2.15. The minimum atomic E-state index is -0.325. The fourth-order valence-electron chi connectivity index (χ4n) is 2.88. The molecule has 3 rings (SSSR count). The maximum Gasteiger partial charge on any atom is 0.319 e. The first-order valence-corrected chi connectivity index (χ1v) is 9.56. The summed E-state index contributed by atoms with van der Waals surface area (Å²) >= 11 is 1.65. The molecule has 0 fully saturated rings. The summed E-state index contributed by atoms with van der Waals surface area (Å²) in [6, 6.07) is 13.1. The summed E-state index contributed by atoms with van der Waals surface area (Å²) in [5.41, 5.74) is 3.84. The summed E-state index contributed by atoms with van der Waals surface area (Å²) in [4.78, 5) is 12.4. The zero-order chi connectivity index (χ0) is 19.9. The van der Waals surface area contributed by atoms with Crippen LogP contribution >= 0.6 is 11.3 Å². The average Bonchev–Trinajstić information content (AvgIpc) is 3.26. The van der Waals surface area contributed by atoms with Crippen LogP contribution in [0.15, 0.2) is 53.2 Å². The van der Waals surface area contributed by atoms with Crippen LogP contribution in [-0.2, 0) is 6.54 Å². The molecule has 0 spiro atoms. The van der Waals surface area contributed by atoms with Crippen molar-refractivity contribution in [3.05, 3.63) is 58.8 Å². The van der Waals surface area contributed by atoms with Gasteiger partial charge in [0.05, 0.1) is 27.0 Å². The summed E-state index contributed by atoms with van der Waals surface area (Å²) in [7, 11) is 4.59. The van der Waals surface area contributed by atoms with Gasteiger partial charge in [-0.3, -0.25) is 0 Å². The summed E-state index contributed by atoms with van der Waals surface area (Å²) in [6.45, 7) is 0.405. The van der Waals surface area contributed by atoms with E-state index in [2.05, 4.69) is 28.1 Å². The molecule has 0 saturated heterocycles. The lowest BCUT2D eigenvalue weighted by molar-refractivity contribution is 0.251. The van der Waals surface area contributed by atoms with Gasteiger partial charge in [0.15, 0.2) is 11.5 Å². The van der Waals surface area contributed by atoms with Crippen molar-refractivity contribution in [3.8, 4) is 28.4 Å². The van der Waals surface area contributed by atoms with E-state index in [0.29, 0.717) is 29.5 Å². The van der Waals surface area contributed by atoms with Gasteiger partial charge < -0.3 is 24.8 Å². The van der Waals surface area contributed by atoms with E-state index in [9.17, 15) is 4.79 Å².